The van der Waals surface area contributed by atoms with Gasteiger partial charge in [-0.3, -0.25) is 4.79 Å². The van der Waals surface area contributed by atoms with Gasteiger partial charge in [0, 0.05) is 12.6 Å². The molecule has 2 N–H and O–H groups in total. The molecule has 1 amide bonds. The SMILES string of the molecule is CNC(=O)C1=C/C=C(C(=O)O)\C=C/C=C\1. The molecule has 1 aliphatic rings. The van der Waals surface area contributed by atoms with Crippen LogP contribution in [0, 0.1) is 0 Å². The molecule has 15 heavy (non-hydrogen) atoms. The Morgan fingerprint density at radius 1 is 1.13 bits per heavy atom. The van der Waals surface area contributed by atoms with Gasteiger partial charge in [0.05, 0.1) is 5.57 Å². The predicted molar refractivity (Wildman–Crippen MR) is 56.1 cm³/mol. The fraction of sp³-hybridized carbons (Fsp3) is 0.0909. The number of nitrogens with one attached hydrogen (secondary N) is 1. The Morgan fingerprint density at radius 2 is 1.67 bits per heavy atom. The van der Waals surface area contributed by atoms with Crippen LogP contribution in [0.3, 0.4) is 0 Å². The van der Waals surface area contributed by atoms with Gasteiger partial charge in [0.2, 0.25) is 0 Å². The van der Waals surface area contributed by atoms with Crippen LogP contribution in [0.4, 0.5) is 0 Å². The van der Waals surface area contributed by atoms with E-state index >= 15 is 0 Å². The predicted octanol–water partition coefficient (Wildman–Crippen LogP) is 0.796. The van der Waals surface area contributed by atoms with Crippen LogP contribution >= 0.6 is 0 Å². The lowest BCUT2D eigenvalue weighted by atomic mass is 10.1. The number of allylic oxidation sites excluding steroid dienone is 4. The second-order valence-corrected chi connectivity index (χ2v) is 2.85. The molecule has 0 atom stereocenters. The number of carbonyl (C=O) groups is 2. The average molecular weight is 205 g/mol. The molecule has 0 unspecified atom stereocenters. The molecule has 0 heterocycles. The lowest BCUT2D eigenvalue weighted by molar-refractivity contribution is -0.132. The summed E-state index contributed by atoms with van der Waals surface area (Å²) in [6.45, 7) is 0. The van der Waals surface area contributed by atoms with Gasteiger partial charge in [-0.2, -0.15) is 0 Å². The highest BCUT2D eigenvalue weighted by Crippen LogP contribution is 2.06. The normalized spacial score (nSPS) is 25.9. The highest BCUT2D eigenvalue weighted by molar-refractivity contribution is 5.97. The van der Waals surface area contributed by atoms with Crippen molar-refractivity contribution in [2.45, 2.75) is 0 Å². The van der Waals surface area contributed by atoms with Crippen LogP contribution in [0.1, 0.15) is 0 Å². The number of carbonyl (C=O) groups excluding carboxylic acids is 1. The zero-order chi connectivity index (χ0) is 11.3. The number of amides is 1. The Morgan fingerprint density at radius 3 is 2.20 bits per heavy atom. The summed E-state index contributed by atoms with van der Waals surface area (Å²) in [7, 11) is 1.52. The maximum Gasteiger partial charge on any atom is 0.335 e. The third-order valence-corrected chi connectivity index (χ3v) is 1.84. The minimum absolute atomic E-state index is 0.140. The molecule has 1 aliphatic carbocycles. The summed E-state index contributed by atoms with van der Waals surface area (Å²) in [5.74, 6) is -1.27. The first-order valence-electron chi connectivity index (χ1n) is 4.37. The number of aliphatic carboxylic acids is 1. The third kappa shape index (κ3) is 2.95. The maximum absolute atomic E-state index is 11.3. The lowest BCUT2D eigenvalue weighted by Crippen LogP contribution is -2.19. The van der Waals surface area contributed by atoms with E-state index in [0.717, 1.165) is 0 Å². The first-order valence-corrected chi connectivity index (χ1v) is 4.37. The zero-order valence-corrected chi connectivity index (χ0v) is 8.23. The van der Waals surface area contributed by atoms with Crippen LogP contribution in [0.5, 0.6) is 0 Å². The fourth-order valence-corrected chi connectivity index (χ4v) is 1.05. The largest absolute Gasteiger partial charge is 0.478 e. The summed E-state index contributed by atoms with van der Waals surface area (Å²) < 4.78 is 0. The molecule has 0 spiro atoms. The van der Waals surface area contributed by atoms with Crippen molar-refractivity contribution in [3.8, 4) is 0 Å². The van der Waals surface area contributed by atoms with Crippen LogP contribution in [-0.4, -0.2) is 24.0 Å². The zero-order valence-electron chi connectivity index (χ0n) is 8.23. The number of hydrogen-bond donors (Lipinski definition) is 2. The molecule has 0 aromatic carbocycles. The van der Waals surface area contributed by atoms with Gasteiger partial charge in [-0.15, -0.1) is 0 Å². The molecule has 0 fully saturated rings. The Hall–Kier alpha value is -2.10. The molecular formula is C11H11NO3. The van der Waals surface area contributed by atoms with Crippen molar-refractivity contribution in [3.63, 3.8) is 0 Å². The number of rotatable bonds is 2. The summed E-state index contributed by atoms with van der Waals surface area (Å²) in [6, 6.07) is 0. The molecule has 0 aliphatic heterocycles. The number of hydrogen-bond acceptors (Lipinski definition) is 2. The van der Waals surface area contributed by atoms with Crippen LogP contribution in [0.25, 0.3) is 0 Å². The summed E-state index contributed by atoms with van der Waals surface area (Å²) in [5.41, 5.74) is 0.557. The van der Waals surface area contributed by atoms with E-state index in [0.29, 0.717) is 5.57 Å². The van der Waals surface area contributed by atoms with E-state index < -0.39 is 5.97 Å². The van der Waals surface area contributed by atoms with Crippen molar-refractivity contribution in [2.24, 2.45) is 0 Å². The van der Waals surface area contributed by atoms with Crippen molar-refractivity contribution in [3.05, 3.63) is 47.6 Å². The van der Waals surface area contributed by atoms with Crippen molar-refractivity contribution in [1.82, 2.24) is 5.32 Å². The Labute approximate surface area is 87.3 Å². The third-order valence-electron chi connectivity index (χ3n) is 1.84. The lowest BCUT2D eigenvalue weighted by Gasteiger charge is -2.00. The smallest absolute Gasteiger partial charge is 0.335 e. The first-order chi connectivity index (χ1) is 7.15. The van der Waals surface area contributed by atoms with Crippen molar-refractivity contribution in [1.29, 1.82) is 0 Å². The second-order valence-electron chi connectivity index (χ2n) is 2.85. The number of likely N-dealkylation sites (N-methyl/N-ethyl adjacent to an activating group) is 1. The molecule has 4 heteroatoms. The van der Waals surface area contributed by atoms with Gasteiger partial charge in [-0.25, -0.2) is 4.79 Å². The molecule has 0 aromatic rings. The van der Waals surface area contributed by atoms with Crippen LogP contribution in [-0.2, 0) is 9.59 Å². The number of carboxylic acids is 1. The van der Waals surface area contributed by atoms with E-state index in [9.17, 15) is 9.59 Å². The molecule has 0 radical (unpaired) electrons. The summed E-state index contributed by atoms with van der Waals surface area (Å²) >= 11 is 0. The summed E-state index contributed by atoms with van der Waals surface area (Å²) in [4.78, 5) is 22.0. The minimum atomic E-state index is -1.02. The van der Waals surface area contributed by atoms with E-state index in [2.05, 4.69) is 5.32 Å². The van der Waals surface area contributed by atoms with Gasteiger partial charge in [0.15, 0.2) is 0 Å². The topological polar surface area (TPSA) is 66.4 Å². The van der Waals surface area contributed by atoms with E-state index in [1.165, 1.54) is 25.3 Å². The minimum Gasteiger partial charge on any atom is -0.478 e. The average Bonchev–Trinajstić information content (AvgIpc) is 2.16. The van der Waals surface area contributed by atoms with Crippen molar-refractivity contribution in [2.75, 3.05) is 7.05 Å². The molecule has 4 nitrogen and oxygen atoms in total. The molecule has 0 saturated heterocycles. The van der Waals surface area contributed by atoms with Gasteiger partial charge < -0.3 is 10.4 Å². The van der Waals surface area contributed by atoms with Crippen molar-refractivity contribution >= 4 is 11.9 Å². The molecule has 0 saturated carbocycles. The second kappa shape index (κ2) is 4.95. The standard InChI is InChI=1S/C11H11NO3/c1-12-10(13)8-4-2-3-5-9(7-6-8)11(14)15/h2-7H,1H3,(H,12,13)(H,14,15)/b3-2?,4-2-,5-3-,7-6?,8-4?,8-6+,9-5?,9-7+. The highest BCUT2D eigenvalue weighted by atomic mass is 16.4. The molecule has 0 bridgehead atoms. The van der Waals surface area contributed by atoms with Gasteiger partial charge in [-0.1, -0.05) is 12.2 Å². The number of carboxylic acid groups (broad SMARTS) is 1. The Balaban J connectivity index is 3.02. The molecule has 0 aromatic heterocycles. The maximum atomic E-state index is 11.3. The van der Waals surface area contributed by atoms with Gasteiger partial charge in [0.1, 0.15) is 0 Å². The van der Waals surface area contributed by atoms with Crippen molar-refractivity contribution < 1.29 is 14.7 Å². The molecule has 78 valence electrons. The van der Waals surface area contributed by atoms with Gasteiger partial charge >= 0.3 is 5.97 Å². The van der Waals surface area contributed by atoms with Gasteiger partial charge in [0.25, 0.3) is 5.91 Å². The Bertz CT molecular complexity index is 400. The van der Waals surface area contributed by atoms with E-state index in [1.54, 1.807) is 18.2 Å². The summed E-state index contributed by atoms with van der Waals surface area (Å²) in [5, 5.41) is 11.2. The Kier molecular flexibility index (Phi) is 3.62. The molecular weight excluding hydrogens is 194 g/mol. The van der Waals surface area contributed by atoms with Crippen LogP contribution in [0.2, 0.25) is 0 Å². The highest BCUT2D eigenvalue weighted by Gasteiger charge is 2.05. The van der Waals surface area contributed by atoms with Crippen LogP contribution < -0.4 is 5.32 Å². The van der Waals surface area contributed by atoms with E-state index in [-0.39, 0.29) is 11.5 Å². The van der Waals surface area contributed by atoms with Crippen LogP contribution in [0.15, 0.2) is 47.6 Å². The van der Waals surface area contributed by atoms with E-state index in [4.69, 9.17) is 5.11 Å². The molecule has 1 rings (SSSR count). The van der Waals surface area contributed by atoms with Gasteiger partial charge in [-0.05, 0) is 24.3 Å². The fourth-order valence-electron chi connectivity index (χ4n) is 1.05. The first kappa shape index (κ1) is 11.0. The quantitative estimate of drug-likeness (QED) is 0.700. The monoisotopic (exact) mass is 205 g/mol. The summed E-state index contributed by atoms with van der Waals surface area (Å²) in [6.07, 6.45) is 9.16. The van der Waals surface area contributed by atoms with E-state index in [1.807, 2.05) is 0 Å².